The van der Waals surface area contributed by atoms with Gasteiger partial charge in [0.25, 0.3) is 5.91 Å². The number of amides is 1. The Bertz CT molecular complexity index is 1080. The van der Waals surface area contributed by atoms with E-state index in [4.69, 9.17) is 47.6 Å². The zero-order valence-electron chi connectivity index (χ0n) is 25.9. The number of nitrogens with zero attached hydrogens (tertiary/aromatic N) is 1. The van der Waals surface area contributed by atoms with Crippen molar-refractivity contribution in [1.29, 1.82) is 0 Å². The number of rotatable bonds is 11. The lowest BCUT2D eigenvalue weighted by atomic mass is 9.74. The molecule has 0 aromatic heterocycles. The molecule has 0 aromatic carbocycles. The Labute approximate surface area is 263 Å². The molecule has 1 saturated heterocycles. The van der Waals surface area contributed by atoms with E-state index in [1.54, 1.807) is 0 Å². The number of guanidine groups is 1. The van der Waals surface area contributed by atoms with Gasteiger partial charge >= 0.3 is 0 Å². The van der Waals surface area contributed by atoms with Crippen molar-refractivity contribution in [1.82, 2.24) is 10.6 Å². The predicted octanol–water partition coefficient (Wildman–Crippen LogP) is -3.47. The van der Waals surface area contributed by atoms with Crippen LogP contribution in [0.15, 0.2) is 16.8 Å². The molecule has 1 amide bonds. The summed E-state index contributed by atoms with van der Waals surface area (Å²) in [5.41, 5.74) is 27.9. The highest BCUT2D eigenvalue weighted by Crippen LogP contribution is 2.36. The molecular weight excluding hydrogens is 588 g/mol. The van der Waals surface area contributed by atoms with E-state index < -0.39 is 66.6 Å². The SMILES string of the molecule is C[C@@H]1CO[C@H](O[C@H]2[C@H](NC(=O)C3(O)CC(N=C(N)N)C3)C[C@H](N)C(O[C@H]3OC(CNCC4CC(N)C4)=CC[C@H]3N)[C@@H]2O)[C@H](O)C1. The minimum atomic E-state index is -1.70. The van der Waals surface area contributed by atoms with E-state index >= 15 is 0 Å². The lowest BCUT2D eigenvalue weighted by Gasteiger charge is -2.48. The molecule has 5 rings (SSSR count). The Morgan fingerprint density at radius 1 is 1.07 bits per heavy atom. The Kier molecular flexibility index (Phi) is 10.9. The maximum absolute atomic E-state index is 13.2. The molecule has 0 aromatic rings. The van der Waals surface area contributed by atoms with Gasteiger partial charge in [0, 0.05) is 24.9 Å². The maximum Gasteiger partial charge on any atom is 0.252 e. The molecule has 16 nitrogen and oxygen atoms in total. The summed E-state index contributed by atoms with van der Waals surface area (Å²) in [6.45, 7) is 3.64. The van der Waals surface area contributed by atoms with Crippen LogP contribution in [0.25, 0.3) is 0 Å². The van der Waals surface area contributed by atoms with Gasteiger partial charge in [-0.2, -0.15) is 0 Å². The second kappa shape index (κ2) is 14.3. The molecule has 2 heterocycles. The second-order valence-electron chi connectivity index (χ2n) is 13.7. The topological polar surface area (TPSA) is 281 Å². The van der Waals surface area contributed by atoms with Gasteiger partial charge in [0.2, 0.25) is 6.29 Å². The summed E-state index contributed by atoms with van der Waals surface area (Å²) < 4.78 is 24.2. The number of ether oxygens (including phenoxy) is 4. The standard InChI is InChI=1S/C29H52N8O8/c1-13-4-21(38)26(42-12-13)45-24-20(37-27(40)29(41)8-16(9-29)36-28(33)34)7-19(32)23(22(24)39)44-25-18(31)3-2-17(43-25)11-35-10-14-5-15(30)6-14/h2,13-16,18-26,35,38-39,41H,3-12,30-32H2,1H3,(H,37,40)(H4,33,34,36)/t13-,14?,15?,16?,18+,19-,20+,21+,22-,23?,24-,25+,26+,29?/m0/s1. The molecule has 3 aliphatic carbocycles. The van der Waals surface area contributed by atoms with Gasteiger partial charge in [0.15, 0.2) is 12.2 Å². The molecule has 16 heteroatoms. The van der Waals surface area contributed by atoms with Crippen molar-refractivity contribution in [3.63, 3.8) is 0 Å². The first-order valence-electron chi connectivity index (χ1n) is 16.0. The molecule has 1 unspecified atom stereocenters. The summed E-state index contributed by atoms with van der Waals surface area (Å²) in [4.78, 5) is 17.2. The minimum Gasteiger partial charge on any atom is -0.467 e. The van der Waals surface area contributed by atoms with Gasteiger partial charge in [-0.15, -0.1) is 0 Å². The second-order valence-corrected chi connectivity index (χ2v) is 13.7. The largest absolute Gasteiger partial charge is 0.467 e. The van der Waals surface area contributed by atoms with Gasteiger partial charge in [-0.25, -0.2) is 0 Å². The fourth-order valence-corrected chi connectivity index (χ4v) is 6.91. The highest BCUT2D eigenvalue weighted by molar-refractivity contribution is 5.87. The number of carbonyl (C=O) groups excluding carboxylic acids is 1. The fourth-order valence-electron chi connectivity index (χ4n) is 6.91. The smallest absolute Gasteiger partial charge is 0.252 e. The number of carbonyl (C=O) groups is 1. The lowest BCUT2D eigenvalue weighted by Crippen LogP contribution is -2.69. The van der Waals surface area contributed by atoms with Crippen LogP contribution >= 0.6 is 0 Å². The zero-order chi connectivity index (χ0) is 32.5. The third-order valence-electron chi connectivity index (χ3n) is 9.56. The number of hydrogen-bond donors (Lipinski definition) is 10. The molecule has 0 spiro atoms. The average molecular weight is 641 g/mol. The number of aliphatic hydroxyl groups is 3. The van der Waals surface area contributed by atoms with Gasteiger partial charge in [-0.05, 0) is 56.6 Å². The lowest BCUT2D eigenvalue weighted by molar-refractivity contribution is -0.283. The summed E-state index contributed by atoms with van der Waals surface area (Å²) >= 11 is 0. The van der Waals surface area contributed by atoms with E-state index in [2.05, 4.69) is 15.6 Å². The number of aliphatic hydroxyl groups excluding tert-OH is 2. The van der Waals surface area contributed by atoms with Gasteiger partial charge < -0.3 is 73.6 Å². The highest BCUT2D eigenvalue weighted by Gasteiger charge is 2.53. The van der Waals surface area contributed by atoms with Crippen molar-refractivity contribution in [3.05, 3.63) is 11.8 Å². The third-order valence-corrected chi connectivity index (χ3v) is 9.56. The summed E-state index contributed by atoms with van der Waals surface area (Å²) in [6.07, 6.45) is -1.27. The van der Waals surface area contributed by atoms with Crippen LogP contribution in [-0.4, -0.2) is 120 Å². The van der Waals surface area contributed by atoms with Crippen LogP contribution in [0.2, 0.25) is 0 Å². The molecule has 256 valence electrons. The molecule has 2 aliphatic heterocycles. The maximum atomic E-state index is 13.2. The van der Waals surface area contributed by atoms with Crippen LogP contribution in [-0.2, 0) is 23.7 Å². The number of aliphatic imine (C=N–C) groups is 1. The van der Waals surface area contributed by atoms with Gasteiger partial charge in [0.1, 0.15) is 35.8 Å². The molecule has 45 heavy (non-hydrogen) atoms. The first kappa shape index (κ1) is 34.2. The predicted molar refractivity (Wildman–Crippen MR) is 163 cm³/mol. The highest BCUT2D eigenvalue weighted by atomic mass is 16.7. The van der Waals surface area contributed by atoms with Crippen LogP contribution in [0, 0.1) is 11.8 Å². The summed E-state index contributed by atoms with van der Waals surface area (Å²) in [7, 11) is 0. The van der Waals surface area contributed by atoms with Gasteiger partial charge in [-0.3, -0.25) is 9.79 Å². The van der Waals surface area contributed by atoms with Gasteiger partial charge in [0.05, 0.1) is 31.3 Å². The van der Waals surface area contributed by atoms with Crippen LogP contribution in [0.4, 0.5) is 0 Å². The Hall–Kier alpha value is -2.12. The van der Waals surface area contributed by atoms with Crippen molar-refractivity contribution in [2.75, 3.05) is 19.7 Å². The zero-order valence-corrected chi connectivity index (χ0v) is 25.9. The Morgan fingerprint density at radius 3 is 2.44 bits per heavy atom. The molecule has 15 N–H and O–H groups in total. The van der Waals surface area contributed by atoms with E-state index in [-0.39, 0.29) is 43.2 Å². The minimum absolute atomic E-state index is 0.0352. The molecule has 0 bridgehead atoms. The summed E-state index contributed by atoms with van der Waals surface area (Å²) in [5, 5.41) is 39.4. The van der Waals surface area contributed by atoms with E-state index in [9.17, 15) is 20.1 Å². The molecular formula is C29H52N8O8. The number of nitrogens with two attached hydrogens (primary N) is 5. The molecule has 10 atom stereocenters. The summed E-state index contributed by atoms with van der Waals surface area (Å²) in [6, 6.07) is -2.21. The van der Waals surface area contributed by atoms with E-state index in [1.165, 1.54) is 0 Å². The van der Waals surface area contributed by atoms with Crippen molar-refractivity contribution in [2.24, 2.45) is 45.5 Å². The van der Waals surface area contributed by atoms with Crippen LogP contribution in [0.3, 0.4) is 0 Å². The average Bonchev–Trinajstić information content (AvgIpc) is 2.93. The molecule has 5 aliphatic rings. The van der Waals surface area contributed by atoms with E-state index in [0.29, 0.717) is 37.7 Å². The third kappa shape index (κ3) is 8.25. The molecule has 4 fully saturated rings. The van der Waals surface area contributed by atoms with Crippen molar-refractivity contribution >= 4 is 11.9 Å². The quantitative estimate of drug-likeness (QED) is 0.0776. The van der Waals surface area contributed by atoms with Crippen LogP contribution in [0.1, 0.15) is 51.9 Å². The fraction of sp³-hybridized carbons (Fsp3) is 0.862. The van der Waals surface area contributed by atoms with Crippen LogP contribution in [0.5, 0.6) is 0 Å². The normalized spacial score (nSPS) is 44.9. The van der Waals surface area contributed by atoms with Crippen molar-refractivity contribution < 1.29 is 39.1 Å². The Balaban J connectivity index is 1.24. The first-order chi connectivity index (χ1) is 21.3. The molecule has 3 saturated carbocycles. The molecule has 0 radical (unpaired) electrons. The monoisotopic (exact) mass is 640 g/mol. The van der Waals surface area contributed by atoms with Crippen molar-refractivity contribution in [3.8, 4) is 0 Å². The Morgan fingerprint density at radius 2 is 1.78 bits per heavy atom. The number of nitrogens with one attached hydrogen (secondary N) is 2. The first-order valence-corrected chi connectivity index (χ1v) is 16.0. The van der Waals surface area contributed by atoms with E-state index in [1.807, 2.05) is 13.0 Å². The van der Waals surface area contributed by atoms with Crippen molar-refractivity contribution in [2.45, 2.75) is 125 Å². The van der Waals surface area contributed by atoms with Crippen LogP contribution < -0.4 is 39.3 Å². The van der Waals surface area contributed by atoms with Gasteiger partial charge in [-0.1, -0.05) is 6.92 Å². The van der Waals surface area contributed by atoms with E-state index in [0.717, 1.165) is 19.4 Å². The number of hydrogen-bond acceptors (Lipinski definition) is 13. The summed E-state index contributed by atoms with van der Waals surface area (Å²) in [5.74, 6) is 0.573.